The molecule has 18 heavy (non-hydrogen) atoms. The SMILES string of the molecule is O=C1CCSC(=S)N1c1cc(F)c(F)c(F)c1F. The highest BCUT2D eigenvalue weighted by Gasteiger charge is 2.31. The van der Waals surface area contributed by atoms with Gasteiger partial charge in [-0.1, -0.05) is 24.0 Å². The van der Waals surface area contributed by atoms with Crippen molar-refractivity contribution in [2.45, 2.75) is 6.42 Å². The molecule has 2 rings (SSSR count). The fourth-order valence-electron chi connectivity index (χ4n) is 1.46. The Kier molecular flexibility index (Phi) is 3.58. The molecule has 0 aromatic heterocycles. The van der Waals surface area contributed by atoms with Gasteiger partial charge in [0.25, 0.3) is 0 Å². The lowest BCUT2D eigenvalue weighted by atomic mass is 10.2. The van der Waals surface area contributed by atoms with Crippen molar-refractivity contribution in [2.75, 3.05) is 10.7 Å². The zero-order valence-corrected chi connectivity index (χ0v) is 10.3. The molecule has 1 amide bonds. The molecule has 96 valence electrons. The summed E-state index contributed by atoms with van der Waals surface area (Å²) in [5.41, 5.74) is -0.700. The van der Waals surface area contributed by atoms with Crippen LogP contribution in [0.4, 0.5) is 23.2 Å². The predicted octanol–water partition coefficient (Wildman–Crippen LogP) is 3.00. The quantitative estimate of drug-likeness (QED) is 0.344. The van der Waals surface area contributed by atoms with Crippen molar-refractivity contribution in [1.82, 2.24) is 0 Å². The summed E-state index contributed by atoms with van der Waals surface area (Å²) in [7, 11) is 0. The van der Waals surface area contributed by atoms with Crippen LogP contribution in [0.5, 0.6) is 0 Å². The minimum atomic E-state index is -1.96. The fraction of sp³-hybridized carbons (Fsp3) is 0.200. The molecule has 0 unspecified atom stereocenters. The Hall–Kier alpha value is -1.15. The Labute approximate surface area is 109 Å². The van der Waals surface area contributed by atoms with E-state index in [9.17, 15) is 22.4 Å². The molecule has 0 radical (unpaired) electrons. The molecule has 2 nitrogen and oxygen atoms in total. The van der Waals surface area contributed by atoms with Crippen molar-refractivity contribution in [3.05, 3.63) is 29.3 Å². The van der Waals surface area contributed by atoms with Gasteiger partial charge in [0, 0.05) is 18.2 Å². The van der Waals surface area contributed by atoms with Crippen LogP contribution in [0.25, 0.3) is 0 Å². The predicted molar refractivity (Wildman–Crippen MR) is 63.4 cm³/mol. The average molecular weight is 295 g/mol. The Bertz CT molecular complexity index is 533. The molecule has 1 aliphatic rings. The third kappa shape index (κ3) is 2.10. The van der Waals surface area contributed by atoms with Crippen LogP contribution in [0.15, 0.2) is 6.07 Å². The van der Waals surface area contributed by atoms with E-state index in [0.717, 1.165) is 11.8 Å². The number of benzene rings is 1. The first-order valence-corrected chi connectivity index (χ1v) is 6.15. The molecule has 1 fully saturated rings. The van der Waals surface area contributed by atoms with E-state index in [-0.39, 0.29) is 10.7 Å². The summed E-state index contributed by atoms with van der Waals surface area (Å²) in [4.78, 5) is 12.3. The van der Waals surface area contributed by atoms with E-state index in [1.54, 1.807) is 0 Å². The topological polar surface area (TPSA) is 20.3 Å². The molecule has 1 heterocycles. The van der Waals surface area contributed by atoms with E-state index in [0.29, 0.717) is 16.7 Å². The normalized spacial score (nSPS) is 16.3. The fourth-order valence-corrected chi connectivity index (χ4v) is 2.69. The maximum Gasteiger partial charge on any atom is 0.233 e. The number of hydrogen-bond acceptors (Lipinski definition) is 3. The summed E-state index contributed by atoms with van der Waals surface area (Å²) in [5.74, 6) is -7.25. The van der Waals surface area contributed by atoms with Gasteiger partial charge in [0.05, 0.1) is 5.69 Å². The smallest absolute Gasteiger partial charge is 0.233 e. The van der Waals surface area contributed by atoms with E-state index in [2.05, 4.69) is 0 Å². The van der Waals surface area contributed by atoms with E-state index in [4.69, 9.17) is 12.2 Å². The third-order valence-corrected chi connectivity index (χ3v) is 3.67. The number of carbonyl (C=O) groups is 1. The molecule has 1 aromatic carbocycles. The van der Waals surface area contributed by atoms with Crippen LogP contribution in [0, 0.1) is 23.3 Å². The third-order valence-electron chi connectivity index (χ3n) is 2.30. The van der Waals surface area contributed by atoms with Gasteiger partial charge in [-0.05, 0) is 0 Å². The van der Waals surface area contributed by atoms with Crippen molar-refractivity contribution < 1.29 is 22.4 Å². The largest absolute Gasteiger partial charge is 0.274 e. The monoisotopic (exact) mass is 295 g/mol. The number of anilines is 1. The lowest BCUT2D eigenvalue weighted by molar-refractivity contribution is -0.117. The van der Waals surface area contributed by atoms with Crippen LogP contribution in [-0.2, 0) is 4.79 Å². The molecule has 0 atom stereocenters. The van der Waals surface area contributed by atoms with Crippen molar-refractivity contribution in [2.24, 2.45) is 0 Å². The zero-order chi connectivity index (χ0) is 13.4. The summed E-state index contributed by atoms with van der Waals surface area (Å²) in [6.45, 7) is 0. The van der Waals surface area contributed by atoms with E-state index in [1.807, 2.05) is 0 Å². The van der Waals surface area contributed by atoms with Gasteiger partial charge in [0.2, 0.25) is 5.91 Å². The summed E-state index contributed by atoms with van der Waals surface area (Å²) in [5, 5.41) is 0. The summed E-state index contributed by atoms with van der Waals surface area (Å²) in [6.07, 6.45) is 0.0604. The molecule has 1 aliphatic heterocycles. The van der Waals surface area contributed by atoms with Gasteiger partial charge in [-0.2, -0.15) is 0 Å². The molecular weight excluding hydrogens is 290 g/mol. The molecule has 1 aromatic rings. The molecule has 0 bridgehead atoms. The number of amides is 1. The van der Waals surface area contributed by atoms with Crippen LogP contribution in [0.1, 0.15) is 6.42 Å². The lowest BCUT2D eigenvalue weighted by Crippen LogP contribution is -2.38. The number of carbonyl (C=O) groups excluding carboxylic acids is 1. The van der Waals surface area contributed by atoms with Gasteiger partial charge in [0.15, 0.2) is 23.3 Å². The molecular formula is C10H5F4NOS2. The van der Waals surface area contributed by atoms with Crippen LogP contribution in [0.3, 0.4) is 0 Å². The van der Waals surface area contributed by atoms with Crippen LogP contribution in [-0.4, -0.2) is 16.0 Å². The van der Waals surface area contributed by atoms with Crippen molar-refractivity contribution in [3.63, 3.8) is 0 Å². The molecule has 0 spiro atoms. The van der Waals surface area contributed by atoms with Crippen molar-refractivity contribution in [1.29, 1.82) is 0 Å². The average Bonchev–Trinajstić information content (AvgIpc) is 2.32. The minimum absolute atomic E-state index is 0.0180. The summed E-state index contributed by atoms with van der Waals surface area (Å²) < 4.78 is 52.5. The number of hydrogen-bond donors (Lipinski definition) is 0. The van der Waals surface area contributed by atoms with Crippen LogP contribution < -0.4 is 4.90 Å². The highest BCUT2D eigenvalue weighted by molar-refractivity contribution is 8.23. The van der Waals surface area contributed by atoms with Gasteiger partial charge in [0.1, 0.15) is 4.32 Å². The Morgan fingerprint density at radius 1 is 1.17 bits per heavy atom. The van der Waals surface area contributed by atoms with Gasteiger partial charge >= 0.3 is 0 Å². The zero-order valence-electron chi connectivity index (χ0n) is 8.68. The standard InChI is InChI=1S/C10H5F4NOS2/c11-4-3-5(8(13)9(14)7(4)12)15-6(16)1-2-18-10(15)17/h3H,1-2H2. The number of halogens is 4. The first-order chi connectivity index (χ1) is 8.43. The molecule has 0 saturated carbocycles. The second kappa shape index (κ2) is 4.85. The van der Waals surface area contributed by atoms with E-state index in [1.165, 1.54) is 0 Å². The first kappa shape index (κ1) is 13.3. The number of thioether (sulfide) groups is 1. The van der Waals surface area contributed by atoms with E-state index < -0.39 is 34.9 Å². The second-order valence-corrected chi connectivity index (χ2v) is 5.14. The molecule has 8 heteroatoms. The molecule has 0 N–H and O–H groups in total. The van der Waals surface area contributed by atoms with Crippen molar-refractivity contribution in [3.8, 4) is 0 Å². The lowest BCUT2D eigenvalue weighted by Gasteiger charge is -2.27. The highest BCUT2D eigenvalue weighted by Crippen LogP contribution is 2.31. The molecule has 1 saturated heterocycles. The van der Waals surface area contributed by atoms with Gasteiger partial charge in [-0.3, -0.25) is 9.69 Å². The summed E-state index contributed by atoms with van der Waals surface area (Å²) in [6, 6.07) is 0.420. The highest BCUT2D eigenvalue weighted by atomic mass is 32.2. The number of thiocarbonyl (C=S) groups is 1. The van der Waals surface area contributed by atoms with Gasteiger partial charge in [-0.25, -0.2) is 17.6 Å². The Morgan fingerprint density at radius 3 is 2.44 bits per heavy atom. The Morgan fingerprint density at radius 2 is 1.83 bits per heavy atom. The summed E-state index contributed by atoms with van der Waals surface area (Å²) >= 11 is 5.91. The van der Waals surface area contributed by atoms with E-state index >= 15 is 0 Å². The molecule has 0 aliphatic carbocycles. The maximum atomic E-state index is 13.5. The number of nitrogens with zero attached hydrogens (tertiary/aromatic N) is 1. The van der Waals surface area contributed by atoms with Crippen LogP contribution in [0.2, 0.25) is 0 Å². The van der Waals surface area contributed by atoms with Gasteiger partial charge < -0.3 is 0 Å². The minimum Gasteiger partial charge on any atom is -0.274 e. The van der Waals surface area contributed by atoms with Gasteiger partial charge in [-0.15, -0.1) is 0 Å². The first-order valence-electron chi connectivity index (χ1n) is 4.76. The van der Waals surface area contributed by atoms with Crippen molar-refractivity contribution >= 4 is 39.9 Å². The Balaban J connectivity index is 2.57. The maximum absolute atomic E-state index is 13.5. The van der Waals surface area contributed by atoms with Crippen LogP contribution >= 0.6 is 24.0 Å². The number of rotatable bonds is 1. The second-order valence-electron chi connectivity index (χ2n) is 3.41.